The highest BCUT2D eigenvalue weighted by Crippen LogP contribution is 2.03. The van der Waals surface area contributed by atoms with Crippen LogP contribution in [0.1, 0.15) is 12.1 Å². The second-order valence-electron chi connectivity index (χ2n) is 3.20. The molecule has 4 N–H and O–H groups in total. The smallest absolute Gasteiger partial charge is 0.328 e. The zero-order chi connectivity index (χ0) is 12.0. The van der Waals surface area contributed by atoms with E-state index in [1.54, 1.807) is 0 Å². The highest BCUT2D eigenvalue weighted by molar-refractivity contribution is 5.79. The number of H-pyrrole nitrogens is 1. The van der Waals surface area contributed by atoms with E-state index in [0.717, 1.165) is 0 Å². The molecule has 1 rings (SSSR count). The zero-order valence-corrected chi connectivity index (χ0v) is 8.59. The minimum atomic E-state index is -1.14. The normalized spacial score (nSPS) is 13.7. The van der Waals surface area contributed by atoms with Crippen LogP contribution in [0, 0.1) is 0 Å². The first-order chi connectivity index (χ1) is 7.63. The summed E-state index contributed by atoms with van der Waals surface area (Å²) in [6.07, 6.45) is 3.12. The number of hydrogen-bond donors (Lipinski definition) is 3. The number of nitrogens with zero attached hydrogens (tertiary/aromatic N) is 2. The summed E-state index contributed by atoms with van der Waals surface area (Å²) in [4.78, 5) is 20.9. The van der Waals surface area contributed by atoms with Gasteiger partial charge < -0.3 is 20.9 Å². The Balaban J connectivity index is 2.68. The van der Waals surface area contributed by atoms with Gasteiger partial charge in [0, 0.05) is 18.3 Å². The first-order valence-electron chi connectivity index (χ1n) is 4.77. The Bertz CT molecular complexity index is 361. The lowest BCUT2D eigenvalue weighted by atomic mass is 10.2. The molecule has 88 valence electrons. The van der Waals surface area contributed by atoms with Crippen molar-refractivity contribution in [1.29, 1.82) is 0 Å². The van der Waals surface area contributed by atoms with Crippen molar-refractivity contribution in [1.82, 2.24) is 9.97 Å². The molecule has 7 nitrogen and oxygen atoms in total. The number of hydrogen-bond acceptors (Lipinski definition) is 5. The molecule has 1 aromatic rings. The monoisotopic (exact) mass is 225 g/mol. The molecule has 0 saturated carbocycles. The average molecular weight is 225 g/mol. The molecular formula is C9H13N4O3-. The number of aliphatic carboxylic acids is 1. The van der Waals surface area contributed by atoms with Crippen LogP contribution in [-0.4, -0.2) is 39.5 Å². The second kappa shape index (κ2) is 5.86. The van der Waals surface area contributed by atoms with E-state index >= 15 is 0 Å². The van der Waals surface area contributed by atoms with Crippen LogP contribution >= 0.6 is 0 Å². The van der Waals surface area contributed by atoms with Crippen molar-refractivity contribution in [2.75, 3.05) is 6.54 Å². The molecule has 0 fully saturated rings. The van der Waals surface area contributed by atoms with E-state index in [-0.39, 0.29) is 19.4 Å². The summed E-state index contributed by atoms with van der Waals surface area (Å²) in [5, 5.41) is 20.0. The van der Waals surface area contributed by atoms with E-state index in [4.69, 9.17) is 10.8 Å². The molecule has 16 heavy (non-hydrogen) atoms. The van der Waals surface area contributed by atoms with Crippen LogP contribution in [0.2, 0.25) is 0 Å². The molecule has 1 atom stereocenters. The maximum absolute atomic E-state index is 11.2. The molecule has 7 heteroatoms. The van der Waals surface area contributed by atoms with Gasteiger partial charge in [0.15, 0.2) is 6.04 Å². The molecule has 0 bridgehead atoms. The Morgan fingerprint density at radius 3 is 3.00 bits per heavy atom. The summed E-state index contributed by atoms with van der Waals surface area (Å²) in [6, 6.07) is -1.08. The largest absolute Gasteiger partial charge is 0.862 e. The summed E-state index contributed by atoms with van der Waals surface area (Å²) >= 11 is 0. The van der Waals surface area contributed by atoms with Crippen molar-refractivity contribution in [2.45, 2.75) is 18.9 Å². The zero-order valence-electron chi connectivity index (χ0n) is 8.59. The highest BCUT2D eigenvalue weighted by Gasteiger charge is 2.16. The predicted molar refractivity (Wildman–Crippen MR) is 54.8 cm³/mol. The van der Waals surface area contributed by atoms with Crippen molar-refractivity contribution in [3.05, 3.63) is 18.2 Å². The fourth-order valence-electron chi connectivity index (χ4n) is 1.15. The fourth-order valence-corrected chi connectivity index (χ4v) is 1.15. The number of carboxylic acids is 1. The number of aromatic nitrogens is 2. The Morgan fingerprint density at radius 2 is 2.50 bits per heavy atom. The van der Waals surface area contributed by atoms with E-state index < -0.39 is 17.9 Å². The second-order valence-corrected chi connectivity index (χ2v) is 3.20. The minimum Gasteiger partial charge on any atom is -0.862 e. The van der Waals surface area contributed by atoms with Crippen LogP contribution in [-0.2, 0) is 11.2 Å². The number of imidazole rings is 1. The molecule has 0 aliphatic heterocycles. The van der Waals surface area contributed by atoms with Gasteiger partial charge in [-0.3, -0.25) is 4.99 Å². The molecule has 1 heterocycles. The van der Waals surface area contributed by atoms with Gasteiger partial charge in [0.2, 0.25) is 0 Å². The van der Waals surface area contributed by atoms with Gasteiger partial charge in [0.05, 0.1) is 6.33 Å². The molecular weight excluding hydrogens is 212 g/mol. The number of nitrogens with one attached hydrogen (secondary N) is 1. The summed E-state index contributed by atoms with van der Waals surface area (Å²) < 4.78 is 0. The number of carboxylic acid groups (broad SMARTS) is 1. The fraction of sp³-hybridized carbons (Fsp3) is 0.444. The molecule has 1 aromatic heterocycles. The molecule has 0 amide bonds. The van der Waals surface area contributed by atoms with Crippen molar-refractivity contribution >= 4 is 11.9 Å². The number of rotatable bonds is 6. The minimum absolute atomic E-state index is 0.0623. The Labute approximate surface area is 92.0 Å². The molecule has 0 aliphatic carbocycles. The lowest BCUT2D eigenvalue weighted by molar-refractivity contribution is -0.219. The molecule has 0 aromatic carbocycles. The van der Waals surface area contributed by atoms with Gasteiger partial charge >= 0.3 is 5.97 Å². The van der Waals surface area contributed by atoms with Crippen molar-refractivity contribution in [3.8, 4) is 0 Å². The predicted octanol–water partition coefficient (Wildman–Crippen LogP) is -1.49. The molecule has 0 aliphatic rings. The third-order valence-corrected chi connectivity index (χ3v) is 1.91. The SMILES string of the molecule is NCCC([O-])=N[C@@H](Cc1cnc[nH]1)C(=O)O. The van der Waals surface area contributed by atoms with E-state index in [1.165, 1.54) is 12.5 Å². The van der Waals surface area contributed by atoms with Crippen molar-refractivity contribution in [3.63, 3.8) is 0 Å². The van der Waals surface area contributed by atoms with Crippen LogP contribution in [0.5, 0.6) is 0 Å². The first-order valence-corrected chi connectivity index (χ1v) is 4.77. The topological polar surface area (TPSA) is 127 Å². The van der Waals surface area contributed by atoms with Gasteiger partial charge in [0.25, 0.3) is 0 Å². The molecule has 0 radical (unpaired) electrons. The third-order valence-electron chi connectivity index (χ3n) is 1.91. The quantitative estimate of drug-likeness (QED) is 0.401. The highest BCUT2D eigenvalue weighted by atomic mass is 16.4. The Hall–Kier alpha value is -1.89. The lowest BCUT2D eigenvalue weighted by Crippen LogP contribution is -2.28. The van der Waals surface area contributed by atoms with Gasteiger partial charge in [0.1, 0.15) is 0 Å². The standard InChI is InChI=1S/C9H14N4O3/c10-2-1-8(14)13-7(9(15)16)3-6-4-11-5-12-6/h4-5,7H,1-3,10H2,(H,11,12)(H,13,14)(H,15,16)/p-1/t7-/m0/s1. The van der Waals surface area contributed by atoms with Crippen molar-refractivity contribution in [2.24, 2.45) is 10.7 Å². The molecule has 0 unspecified atom stereocenters. The number of nitrogens with two attached hydrogens (primary N) is 1. The van der Waals surface area contributed by atoms with Crippen LogP contribution in [0.15, 0.2) is 17.5 Å². The Kier molecular flexibility index (Phi) is 4.46. The van der Waals surface area contributed by atoms with Crippen molar-refractivity contribution < 1.29 is 15.0 Å². The molecule has 0 saturated heterocycles. The van der Waals surface area contributed by atoms with E-state index in [9.17, 15) is 9.90 Å². The van der Waals surface area contributed by atoms with Gasteiger partial charge in [-0.05, 0) is 18.9 Å². The van der Waals surface area contributed by atoms with Gasteiger partial charge in [-0.1, -0.05) is 0 Å². The first kappa shape index (κ1) is 12.2. The number of aliphatic imine (C=N–C) groups is 1. The molecule has 0 spiro atoms. The van der Waals surface area contributed by atoms with Gasteiger partial charge in [-0.25, -0.2) is 9.78 Å². The van der Waals surface area contributed by atoms with Crippen LogP contribution in [0.25, 0.3) is 0 Å². The van der Waals surface area contributed by atoms with Gasteiger partial charge in [-0.2, -0.15) is 0 Å². The van der Waals surface area contributed by atoms with Crippen LogP contribution in [0.3, 0.4) is 0 Å². The average Bonchev–Trinajstić information content (AvgIpc) is 2.69. The van der Waals surface area contributed by atoms with Crippen LogP contribution in [0.4, 0.5) is 0 Å². The van der Waals surface area contributed by atoms with E-state index in [2.05, 4.69) is 15.0 Å². The maximum atomic E-state index is 11.2. The summed E-state index contributed by atoms with van der Waals surface area (Å²) in [7, 11) is 0. The van der Waals surface area contributed by atoms with Gasteiger partial charge in [-0.15, -0.1) is 0 Å². The number of carbonyl (C=O) groups is 1. The number of aromatic amines is 1. The summed E-state index contributed by atoms with van der Waals surface area (Å²) in [6.45, 7) is 0.165. The van der Waals surface area contributed by atoms with E-state index in [1.807, 2.05) is 0 Å². The third kappa shape index (κ3) is 3.70. The maximum Gasteiger partial charge on any atom is 0.328 e. The van der Waals surface area contributed by atoms with E-state index in [0.29, 0.717) is 5.69 Å². The van der Waals surface area contributed by atoms with Crippen LogP contribution < -0.4 is 10.8 Å². The Morgan fingerprint density at radius 1 is 1.75 bits per heavy atom. The summed E-state index contributed by atoms with van der Waals surface area (Å²) in [5.74, 6) is -1.63. The lowest BCUT2D eigenvalue weighted by Gasteiger charge is -2.13. The summed E-state index contributed by atoms with van der Waals surface area (Å²) in [5.41, 5.74) is 5.79.